The van der Waals surface area contributed by atoms with Gasteiger partial charge in [0.2, 0.25) is 5.60 Å². The number of nitrogens with zero attached hydrogens (tertiary/aromatic N) is 3. The van der Waals surface area contributed by atoms with E-state index in [0.717, 1.165) is 12.1 Å². The second kappa shape index (κ2) is 11.5. The largest absolute Gasteiger partial charge is 0.494 e. The number of hydrogen-bond acceptors (Lipinski definition) is 8. The van der Waals surface area contributed by atoms with E-state index in [1.807, 2.05) is 0 Å². The molecule has 1 aliphatic rings. The highest BCUT2D eigenvalue weighted by Crippen LogP contribution is 2.48. The van der Waals surface area contributed by atoms with Gasteiger partial charge in [0, 0.05) is 28.3 Å². The summed E-state index contributed by atoms with van der Waals surface area (Å²) in [5.41, 5.74) is -7.39. The molecule has 0 bridgehead atoms. The number of aliphatic hydroxyl groups is 2. The first-order valence-corrected chi connectivity index (χ1v) is 13.0. The van der Waals surface area contributed by atoms with Gasteiger partial charge in [0.25, 0.3) is 5.91 Å². The molecule has 1 aliphatic heterocycles. The maximum atomic E-state index is 14.6. The van der Waals surface area contributed by atoms with Gasteiger partial charge < -0.3 is 25.0 Å². The molecule has 232 valence electrons. The van der Waals surface area contributed by atoms with Gasteiger partial charge in [-0.2, -0.15) is 13.2 Å². The van der Waals surface area contributed by atoms with Crippen LogP contribution < -0.4 is 14.8 Å². The zero-order valence-corrected chi connectivity index (χ0v) is 22.9. The van der Waals surface area contributed by atoms with Crippen molar-refractivity contribution < 1.29 is 50.8 Å². The van der Waals surface area contributed by atoms with Crippen molar-refractivity contribution in [3.63, 3.8) is 0 Å². The summed E-state index contributed by atoms with van der Waals surface area (Å²) in [5, 5.41) is 22.8. The van der Waals surface area contributed by atoms with Gasteiger partial charge in [0.05, 0.1) is 24.8 Å². The average Bonchev–Trinajstić information content (AvgIpc) is 3.41. The molecule has 3 N–H and O–H groups in total. The van der Waals surface area contributed by atoms with E-state index < -0.39 is 67.7 Å². The van der Waals surface area contributed by atoms with Crippen LogP contribution in [0.15, 0.2) is 48.7 Å². The van der Waals surface area contributed by atoms with Crippen LogP contribution in [0.5, 0.6) is 11.5 Å². The van der Waals surface area contributed by atoms with E-state index in [1.165, 1.54) is 37.6 Å². The van der Waals surface area contributed by atoms with Gasteiger partial charge in [-0.25, -0.2) is 28.1 Å². The number of aromatic nitrogens is 3. The molecule has 0 fully saturated rings. The maximum absolute atomic E-state index is 14.6. The lowest BCUT2D eigenvalue weighted by Crippen LogP contribution is -2.51. The zero-order chi connectivity index (χ0) is 31.9. The van der Waals surface area contributed by atoms with Crippen molar-refractivity contribution in [2.24, 2.45) is 0 Å². The highest BCUT2D eigenvalue weighted by atomic mass is 19.4. The molecule has 44 heavy (non-hydrogen) atoms. The average molecular weight is 623 g/mol. The van der Waals surface area contributed by atoms with E-state index in [1.54, 1.807) is 0 Å². The number of halogens is 6. The number of methoxy groups -OCH3 is 1. The van der Waals surface area contributed by atoms with Crippen molar-refractivity contribution in [3.8, 4) is 22.8 Å². The molecule has 4 aromatic rings. The first-order valence-electron chi connectivity index (χ1n) is 13.0. The molecule has 1 atom stereocenters. The maximum Gasteiger partial charge on any atom is 0.424 e. The number of aliphatic hydroxyl groups excluding tert-OH is 1. The summed E-state index contributed by atoms with van der Waals surface area (Å²) < 4.78 is 96.5. The fraction of sp³-hybridized carbons (Fsp3) is 0.310. The molecule has 2 aromatic carbocycles. The summed E-state index contributed by atoms with van der Waals surface area (Å²) in [6.45, 7) is -5.15. The predicted molar refractivity (Wildman–Crippen MR) is 143 cm³/mol. The second-order valence-corrected chi connectivity index (χ2v) is 10.2. The molecule has 3 heterocycles. The number of nitrogens with one attached hydrogen (secondary N) is 1. The summed E-state index contributed by atoms with van der Waals surface area (Å²) in [6.07, 6.45) is -4.17. The summed E-state index contributed by atoms with van der Waals surface area (Å²) >= 11 is 0. The van der Waals surface area contributed by atoms with Crippen LogP contribution in [-0.4, -0.2) is 70.9 Å². The van der Waals surface area contributed by atoms with Crippen LogP contribution >= 0.6 is 0 Å². The van der Waals surface area contributed by atoms with Crippen LogP contribution in [0.25, 0.3) is 22.2 Å². The molecule has 9 nitrogen and oxygen atoms in total. The zero-order valence-electron chi connectivity index (χ0n) is 22.9. The predicted octanol–water partition coefficient (Wildman–Crippen LogP) is 4.08. The topological polar surface area (TPSA) is 127 Å². The Hall–Kier alpha value is -4.50. The minimum Gasteiger partial charge on any atom is -0.494 e. The number of alkyl halides is 5. The van der Waals surface area contributed by atoms with Crippen LogP contribution in [0.1, 0.15) is 27.4 Å². The number of hydrogen-bond donors (Lipinski definition) is 3. The van der Waals surface area contributed by atoms with E-state index in [0.29, 0.717) is 6.07 Å². The number of amides is 1. The smallest absolute Gasteiger partial charge is 0.424 e. The summed E-state index contributed by atoms with van der Waals surface area (Å²) in [6, 6.07) is 7.57. The van der Waals surface area contributed by atoms with Crippen molar-refractivity contribution in [2.45, 2.75) is 23.8 Å². The third kappa shape index (κ3) is 5.26. The highest BCUT2D eigenvalue weighted by Gasteiger charge is 2.57. The van der Waals surface area contributed by atoms with E-state index >= 15 is 0 Å². The molecule has 0 aliphatic carbocycles. The molecule has 5 rings (SSSR count). The Balaban J connectivity index is 1.57. The molecule has 1 amide bonds. The summed E-state index contributed by atoms with van der Waals surface area (Å²) in [7, 11) is 1.27. The van der Waals surface area contributed by atoms with Crippen LogP contribution in [0.2, 0.25) is 0 Å². The third-order valence-electron chi connectivity index (χ3n) is 7.39. The molecule has 0 saturated carbocycles. The van der Waals surface area contributed by atoms with Crippen molar-refractivity contribution in [3.05, 3.63) is 77.1 Å². The number of fused-ring (bicyclic) bond motifs is 2. The minimum absolute atomic E-state index is 0.0569. The van der Waals surface area contributed by atoms with Gasteiger partial charge in [0.1, 0.15) is 55.1 Å². The normalized spacial score (nSPS) is 15.4. The van der Waals surface area contributed by atoms with Crippen molar-refractivity contribution in [1.29, 1.82) is 0 Å². The molecule has 0 saturated heterocycles. The molecular weight excluding hydrogens is 598 g/mol. The van der Waals surface area contributed by atoms with E-state index in [2.05, 4.69) is 20.3 Å². The second-order valence-electron chi connectivity index (χ2n) is 10.2. The van der Waals surface area contributed by atoms with Crippen molar-refractivity contribution in [2.75, 3.05) is 33.6 Å². The molecule has 15 heteroatoms. The Morgan fingerprint density at radius 1 is 1.11 bits per heavy atom. The summed E-state index contributed by atoms with van der Waals surface area (Å²) in [5.74, 6) is -1.79. The van der Waals surface area contributed by atoms with Gasteiger partial charge in [-0.3, -0.25) is 4.79 Å². The van der Waals surface area contributed by atoms with Gasteiger partial charge >= 0.3 is 6.18 Å². The van der Waals surface area contributed by atoms with E-state index in [-0.39, 0.29) is 50.6 Å². The first kappa shape index (κ1) is 30.9. The Morgan fingerprint density at radius 2 is 1.82 bits per heavy atom. The summed E-state index contributed by atoms with van der Waals surface area (Å²) in [4.78, 5) is 25.1. The lowest BCUT2D eigenvalue weighted by Gasteiger charge is -2.31. The number of benzene rings is 2. The van der Waals surface area contributed by atoms with Gasteiger partial charge in [0.15, 0.2) is 5.82 Å². The number of rotatable bonds is 9. The van der Waals surface area contributed by atoms with Crippen molar-refractivity contribution in [1.82, 2.24) is 20.3 Å². The Kier molecular flexibility index (Phi) is 8.11. The number of pyridine rings is 1. The fourth-order valence-corrected chi connectivity index (χ4v) is 4.79. The fourth-order valence-electron chi connectivity index (χ4n) is 4.79. The van der Waals surface area contributed by atoms with Gasteiger partial charge in [-0.1, -0.05) is 0 Å². The van der Waals surface area contributed by atoms with Gasteiger partial charge in [-0.15, -0.1) is 0 Å². The van der Waals surface area contributed by atoms with Crippen LogP contribution in [-0.2, 0) is 17.6 Å². The van der Waals surface area contributed by atoms with E-state index in [9.17, 15) is 41.4 Å². The third-order valence-corrected chi connectivity index (χ3v) is 7.39. The molecular formula is C29H24F6N4O5. The first-order chi connectivity index (χ1) is 20.9. The van der Waals surface area contributed by atoms with Gasteiger partial charge in [-0.05, 0) is 42.5 Å². The van der Waals surface area contributed by atoms with E-state index in [4.69, 9.17) is 9.47 Å². The van der Waals surface area contributed by atoms with Crippen LogP contribution in [0, 0.1) is 5.82 Å². The molecule has 0 spiro atoms. The monoisotopic (exact) mass is 622 g/mol. The quantitative estimate of drug-likeness (QED) is 0.239. The Labute approximate surface area is 245 Å². The number of carbonyl (C=O) groups is 1. The lowest BCUT2D eigenvalue weighted by molar-refractivity contribution is -0.265. The Bertz CT molecular complexity index is 1720. The Morgan fingerprint density at radius 3 is 2.43 bits per heavy atom. The molecule has 0 unspecified atom stereocenters. The lowest BCUT2D eigenvalue weighted by atomic mass is 9.82. The number of ether oxygens (including phenoxy) is 2. The van der Waals surface area contributed by atoms with Crippen molar-refractivity contribution >= 4 is 16.8 Å². The van der Waals surface area contributed by atoms with Crippen LogP contribution in [0.3, 0.4) is 0 Å². The number of carbonyl (C=O) groups excluding carboxylic acids is 1. The molecule has 2 aromatic heterocycles. The highest BCUT2D eigenvalue weighted by molar-refractivity contribution is 5.99. The van der Waals surface area contributed by atoms with Crippen LogP contribution in [0.4, 0.5) is 26.3 Å². The molecule has 0 radical (unpaired) electrons. The standard InChI is InChI=1S/C29H24F6N4O5/c1-43-20-7-16(6-17-9-36-22(10-40)39-23(17)20)26(41)37-13-28(42,29(33,34)35)21-8-19-25(44-14-27(19,11-30)12-31)24(38-21)15-2-4-18(32)5-3-15/h2-9,40,42H,10-14H2,1H3,(H,37,41)/t28-/m0/s1. The minimum atomic E-state index is -5.45. The SMILES string of the molecule is COc1cc(C(=O)NC[C@](O)(c2cc3c(c(-c4ccc(F)cc4)n2)OCC3(CF)CF)C(F)(F)F)cc2cnc(CO)nc12.